The van der Waals surface area contributed by atoms with E-state index in [1.807, 2.05) is 60.7 Å². The molecule has 138 valence electrons. The van der Waals surface area contributed by atoms with Crippen molar-refractivity contribution in [3.8, 4) is 0 Å². The topological polar surface area (TPSA) is 70.4 Å². The largest absolute Gasteiger partial charge is 0.456 e. The number of rotatable bonds is 6. The van der Waals surface area contributed by atoms with Gasteiger partial charge in [0.15, 0.2) is 5.69 Å². The fourth-order valence-electron chi connectivity index (χ4n) is 2.53. The van der Waals surface area contributed by atoms with Crippen molar-refractivity contribution in [3.63, 3.8) is 0 Å². The second-order valence-electron chi connectivity index (χ2n) is 6.05. The zero-order valence-corrected chi connectivity index (χ0v) is 15.2. The molecule has 2 aromatic carbocycles. The fraction of sp³-hybridized carbons (Fsp3) is 0.190. The minimum atomic E-state index is -0.591. The first-order valence-electron chi connectivity index (χ1n) is 8.51. The minimum absolute atomic E-state index is 0.0649. The summed E-state index contributed by atoms with van der Waals surface area (Å²) in [4.78, 5) is 28.9. The second kappa shape index (κ2) is 8.31. The standard InChI is InChI=1S/C21H20N2O4/c1-15-18(20(24)26-13-16-9-5-3-6-10-16)22-19(23(15)2)21(25)27-14-17-11-7-4-8-12-17/h3-12H,13-14H2,1-2H3. The highest BCUT2D eigenvalue weighted by molar-refractivity contribution is 5.92. The lowest BCUT2D eigenvalue weighted by molar-refractivity contribution is 0.0453. The maximum Gasteiger partial charge on any atom is 0.374 e. The number of hydrogen-bond donors (Lipinski definition) is 0. The summed E-state index contributed by atoms with van der Waals surface area (Å²) >= 11 is 0. The molecule has 0 aliphatic rings. The molecule has 0 saturated carbocycles. The zero-order chi connectivity index (χ0) is 19.2. The van der Waals surface area contributed by atoms with Crippen molar-refractivity contribution in [2.24, 2.45) is 7.05 Å². The summed E-state index contributed by atoms with van der Waals surface area (Å²) < 4.78 is 12.1. The van der Waals surface area contributed by atoms with Gasteiger partial charge in [-0.25, -0.2) is 14.6 Å². The Morgan fingerprint density at radius 1 is 0.852 bits per heavy atom. The predicted molar refractivity (Wildman–Crippen MR) is 99.1 cm³/mol. The Morgan fingerprint density at radius 3 is 1.85 bits per heavy atom. The quantitative estimate of drug-likeness (QED) is 0.627. The van der Waals surface area contributed by atoms with Gasteiger partial charge in [0.1, 0.15) is 13.2 Å². The van der Waals surface area contributed by atoms with Crippen LogP contribution in [0.15, 0.2) is 60.7 Å². The summed E-state index contributed by atoms with van der Waals surface area (Å²) in [6.45, 7) is 1.99. The molecule has 27 heavy (non-hydrogen) atoms. The summed E-state index contributed by atoms with van der Waals surface area (Å²) in [7, 11) is 1.66. The molecule has 6 heteroatoms. The van der Waals surface area contributed by atoms with E-state index < -0.39 is 11.9 Å². The van der Waals surface area contributed by atoms with Gasteiger partial charge >= 0.3 is 11.9 Å². The van der Waals surface area contributed by atoms with Gasteiger partial charge in [0.25, 0.3) is 0 Å². The van der Waals surface area contributed by atoms with Crippen molar-refractivity contribution >= 4 is 11.9 Å². The maximum atomic E-state index is 12.4. The molecule has 0 amide bonds. The van der Waals surface area contributed by atoms with Gasteiger partial charge < -0.3 is 14.0 Å². The molecule has 0 aliphatic heterocycles. The zero-order valence-electron chi connectivity index (χ0n) is 15.2. The Bertz CT molecular complexity index is 858. The highest BCUT2D eigenvalue weighted by atomic mass is 16.5. The van der Waals surface area contributed by atoms with Crippen LogP contribution in [0.2, 0.25) is 0 Å². The lowest BCUT2D eigenvalue weighted by Gasteiger charge is -2.05. The summed E-state index contributed by atoms with van der Waals surface area (Å²) in [5.74, 6) is -1.10. The van der Waals surface area contributed by atoms with Crippen LogP contribution in [0, 0.1) is 6.92 Å². The van der Waals surface area contributed by atoms with Crippen LogP contribution in [0.5, 0.6) is 0 Å². The van der Waals surface area contributed by atoms with Crippen molar-refractivity contribution in [3.05, 3.63) is 89.0 Å². The van der Waals surface area contributed by atoms with E-state index in [2.05, 4.69) is 4.98 Å². The van der Waals surface area contributed by atoms with E-state index in [4.69, 9.17) is 9.47 Å². The van der Waals surface area contributed by atoms with Crippen LogP contribution in [0.4, 0.5) is 0 Å². The van der Waals surface area contributed by atoms with E-state index in [-0.39, 0.29) is 24.7 Å². The molecule has 0 saturated heterocycles. The molecule has 1 heterocycles. The first kappa shape index (κ1) is 18.4. The van der Waals surface area contributed by atoms with Crippen molar-refractivity contribution < 1.29 is 19.1 Å². The van der Waals surface area contributed by atoms with Crippen LogP contribution in [0.25, 0.3) is 0 Å². The Balaban J connectivity index is 1.67. The number of carbonyl (C=O) groups is 2. The smallest absolute Gasteiger partial charge is 0.374 e. The molecule has 0 spiro atoms. The van der Waals surface area contributed by atoms with E-state index >= 15 is 0 Å². The molecule has 0 bridgehead atoms. The normalized spacial score (nSPS) is 10.4. The van der Waals surface area contributed by atoms with Crippen molar-refractivity contribution in [2.45, 2.75) is 20.1 Å². The van der Waals surface area contributed by atoms with E-state index in [1.165, 1.54) is 4.57 Å². The van der Waals surface area contributed by atoms with Gasteiger partial charge in [-0.1, -0.05) is 60.7 Å². The number of hydrogen-bond acceptors (Lipinski definition) is 5. The third kappa shape index (κ3) is 4.41. The molecule has 0 fully saturated rings. The summed E-state index contributed by atoms with van der Waals surface area (Å²) in [5.41, 5.74) is 2.40. The molecule has 0 atom stereocenters. The minimum Gasteiger partial charge on any atom is -0.456 e. The fourth-order valence-corrected chi connectivity index (χ4v) is 2.53. The van der Waals surface area contributed by atoms with E-state index in [0.717, 1.165) is 11.1 Å². The predicted octanol–water partition coefficient (Wildman–Crippen LogP) is 3.44. The monoisotopic (exact) mass is 364 g/mol. The summed E-state index contributed by atoms with van der Waals surface area (Å²) in [6, 6.07) is 18.7. The molecule has 0 unspecified atom stereocenters. The number of nitrogens with zero attached hydrogens (tertiary/aromatic N) is 2. The molecule has 0 aliphatic carbocycles. The third-order valence-corrected chi connectivity index (χ3v) is 4.18. The lowest BCUT2D eigenvalue weighted by atomic mass is 10.2. The first-order chi connectivity index (χ1) is 13.1. The van der Waals surface area contributed by atoms with Crippen LogP contribution >= 0.6 is 0 Å². The molecule has 6 nitrogen and oxygen atoms in total. The van der Waals surface area contributed by atoms with Crippen LogP contribution in [-0.4, -0.2) is 21.5 Å². The molecular weight excluding hydrogens is 344 g/mol. The Kier molecular flexibility index (Phi) is 5.66. The van der Waals surface area contributed by atoms with Crippen LogP contribution in [0.3, 0.4) is 0 Å². The van der Waals surface area contributed by atoms with Crippen LogP contribution < -0.4 is 0 Å². The number of benzene rings is 2. The molecule has 0 radical (unpaired) electrons. The van der Waals surface area contributed by atoms with Crippen LogP contribution in [-0.2, 0) is 29.7 Å². The molecule has 3 rings (SSSR count). The van der Waals surface area contributed by atoms with Gasteiger partial charge in [-0.2, -0.15) is 0 Å². The maximum absolute atomic E-state index is 12.4. The average Bonchev–Trinajstić information content (AvgIpc) is 3.01. The van der Waals surface area contributed by atoms with E-state index in [1.54, 1.807) is 14.0 Å². The second-order valence-corrected chi connectivity index (χ2v) is 6.05. The third-order valence-electron chi connectivity index (χ3n) is 4.18. The molecule has 0 N–H and O–H groups in total. The number of ether oxygens (including phenoxy) is 2. The molecule has 1 aromatic heterocycles. The molecule has 3 aromatic rings. The van der Waals surface area contributed by atoms with E-state index in [9.17, 15) is 9.59 Å². The van der Waals surface area contributed by atoms with Gasteiger partial charge in [-0.15, -0.1) is 0 Å². The number of aromatic nitrogens is 2. The van der Waals surface area contributed by atoms with E-state index in [0.29, 0.717) is 5.69 Å². The number of imidazole rings is 1. The first-order valence-corrected chi connectivity index (χ1v) is 8.51. The van der Waals surface area contributed by atoms with Crippen molar-refractivity contribution in [2.75, 3.05) is 0 Å². The SMILES string of the molecule is Cc1c(C(=O)OCc2ccccc2)nc(C(=O)OCc2ccccc2)n1C. The Labute approximate surface area is 157 Å². The number of carbonyl (C=O) groups excluding carboxylic acids is 2. The number of esters is 2. The highest BCUT2D eigenvalue weighted by Crippen LogP contribution is 2.14. The van der Waals surface area contributed by atoms with Crippen LogP contribution in [0.1, 0.15) is 37.9 Å². The van der Waals surface area contributed by atoms with Gasteiger partial charge in [0, 0.05) is 12.7 Å². The summed E-state index contributed by atoms with van der Waals surface area (Å²) in [6.07, 6.45) is 0. The average molecular weight is 364 g/mol. The Hall–Kier alpha value is -3.41. The van der Waals surface area contributed by atoms with Crippen molar-refractivity contribution in [1.29, 1.82) is 0 Å². The van der Waals surface area contributed by atoms with Crippen molar-refractivity contribution in [1.82, 2.24) is 9.55 Å². The molecular formula is C21H20N2O4. The summed E-state index contributed by atoms with van der Waals surface area (Å²) in [5, 5.41) is 0. The van der Waals surface area contributed by atoms with Gasteiger partial charge in [-0.05, 0) is 18.1 Å². The Morgan fingerprint density at radius 2 is 1.33 bits per heavy atom. The van der Waals surface area contributed by atoms with Gasteiger partial charge in [-0.3, -0.25) is 0 Å². The highest BCUT2D eigenvalue weighted by Gasteiger charge is 2.24. The van der Waals surface area contributed by atoms with Gasteiger partial charge in [0.05, 0.1) is 0 Å². The lowest BCUT2D eigenvalue weighted by Crippen LogP contribution is -2.12. The van der Waals surface area contributed by atoms with Gasteiger partial charge in [0.2, 0.25) is 5.82 Å².